The lowest BCUT2D eigenvalue weighted by atomic mass is 10.0. The first kappa shape index (κ1) is 23.2. The Balaban J connectivity index is 1.19. The fraction of sp³-hybridized carbons (Fsp3) is 0.360. The number of halogens is 1. The number of aromatic nitrogens is 1. The monoisotopic (exact) mass is 498 g/mol. The van der Waals surface area contributed by atoms with E-state index in [0.29, 0.717) is 23.2 Å². The van der Waals surface area contributed by atoms with Gasteiger partial charge in [-0.05, 0) is 74.0 Å². The highest BCUT2D eigenvalue weighted by atomic mass is 35.5. The molecule has 0 radical (unpaired) electrons. The van der Waals surface area contributed by atoms with E-state index in [1.165, 1.54) is 0 Å². The lowest BCUT2D eigenvalue weighted by Crippen LogP contribution is -2.38. The van der Waals surface area contributed by atoms with Gasteiger partial charge in [0, 0.05) is 41.3 Å². The van der Waals surface area contributed by atoms with Gasteiger partial charge in [-0.3, -0.25) is 9.78 Å². The summed E-state index contributed by atoms with van der Waals surface area (Å²) in [6, 6.07) is 12.5. The second-order valence-corrected chi connectivity index (χ2v) is 11.3. The summed E-state index contributed by atoms with van der Waals surface area (Å²) in [5.41, 5.74) is 1.67. The molecule has 1 saturated heterocycles. The number of carbonyl (C=O) groups is 1. The van der Waals surface area contributed by atoms with Crippen molar-refractivity contribution in [3.8, 4) is 0 Å². The molecular weight excluding hydrogens is 472 g/mol. The highest BCUT2D eigenvalue weighted by Crippen LogP contribution is 2.48. The smallest absolute Gasteiger partial charge is 0.240 e. The molecule has 2 aromatic carbocycles. The number of carbonyl (C=O) groups excluding carboxylic acids is 1. The van der Waals surface area contributed by atoms with Gasteiger partial charge in [-0.1, -0.05) is 29.8 Å². The van der Waals surface area contributed by atoms with Crippen molar-refractivity contribution >= 4 is 44.0 Å². The predicted molar refractivity (Wildman–Crippen MR) is 133 cm³/mol. The van der Waals surface area contributed by atoms with Crippen LogP contribution in [-0.4, -0.2) is 38.9 Å². The zero-order valence-electron chi connectivity index (χ0n) is 18.6. The van der Waals surface area contributed by atoms with E-state index >= 15 is 0 Å². The van der Waals surface area contributed by atoms with Crippen molar-refractivity contribution in [1.82, 2.24) is 15.0 Å². The molecule has 3 atom stereocenters. The Labute approximate surface area is 204 Å². The van der Waals surface area contributed by atoms with Crippen LogP contribution in [0.4, 0.5) is 5.69 Å². The van der Waals surface area contributed by atoms with E-state index < -0.39 is 10.0 Å². The normalized spacial score (nSPS) is 22.4. The number of rotatable bonds is 7. The minimum Gasteiger partial charge on any atom is -0.326 e. The number of anilines is 1. The Morgan fingerprint density at radius 2 is 1.97 bits per heavy atom. The molecule has 7 nitrogen and oxygen atoms in total. The summed E-state index contributed by atoms with van der Waals surface area (Å²) in [6.45, 7) is 2.29. The number of hydrogen-bond donors (Lipinski definition) is 3. The number of pyridine rings is 1. The Morgan fingerprint density at radius 3 is 2.74 bits per heavy atom. The summed E-state index contributed by atoms with van der Waals surface area (Å²) in [4.78, 5) is 17.1. The van der Waals surface area contributed by atoms with Crippen molar-refractivity contribution in [3.63, 3.8) is 0 Å². The molecule has 178 valence electrons. The second kappa shape index (κ2) is 9.62. The van der Waals surface area contributed by atoms with Crippen LogP contribution in [-0.2, 0) is 14.8 Å². The zero-order chi connectivity index (χ0) is 23.7. The van der Waals surface area contributed by atoms with E-state index in [9.17, 15) is 13.2 Å². The van der Waals surface area contributed by atoms with Gasteiger partial charge in [0.1, 0.15) is 0 Å². The third kappa shape index (κ3) is 5.10. The molecule has 1 saturated carbocycles. The minimum atomic E-state index is -3.55. The number of benzene rings is 2. The minimum absolute atomic E-state index is 0.0472. The van der Waals surface area contributed by atoms with Crippen molar-refractivity contribution in [2.24, 2.45) is 11.8 Å². The van der Waals surface area contributed by atoms with Crippen molar-refractivity contribution in [2.45, 2.75) is 30.1 Å². The molecule has 2 fully saturated rings. The van der Waals surface area contributed by atoms with Gasteiger partial charge >= 0.3 is 0 Å². The van der Waals surface area contributed by atoms with Gasteiger partial charge in [0.15, 0.2) is 0 Å². The van der Waals surface area contributed by atoms with E-state index in [2.05, 4.69) is 20.3 Å². The van der Waals surface area contributed by atoms with Gasteiger partial charge in [0.25, 0.3) is 0 Å². The summed E-state index contributed by atoms with van der Waals surface area (Å²) >= 11 is 6.22. The first-order valence-corrected chi connectivity index (χ1v) is 13.4. The summed E-state index contributed by atoms with van der Waals surface area (Å²) < 4.78 is 28.0. The highest BCUT2D eigenvalue weighted by Gasteiger charge is 2.44. The largest absolute Gasteiger partial charge is 0.326 e. The number of amides is 1. The van der Waals surface area contributed by atoms with Crippen LogP contribution in [0.3, 0.4) is 0 Å². The molecular formula is C25H27ClN4O3S. The van der Waals surface area contributed by atoms with E-state index in [1.54, 1.807) is 24.5 Å². The fourth-order valence-corrected chi connectivity index (χ4v) is 5.93. The van der Waals surface area contributed by atoms with E-state index in [4.69, 9.17) is 11.6 Å². The van der Waals surface area contributed by atoms with E-state index in [1.807, 2.05) is 30.3 Å². The van der Waals surface area contributed by atoms with Crippen LogP contribution in [0.5, 0.6) is 0 Å². The molecule has 2 aliphatic rings. The molecule has 1 aromatic heterocycles. The van der Waals surface area contributed by atoms with Crippen molar-refractivity contribution in [1.29, 1.82) is 0 Å². The van der Waals surface area contributed by atoms with Crippen LogP contribution in [0.15, 0.2) is 59.8 Å². The zero-order valence-corrected chi connectivity index (χ0v) is 20.2. The van der Waals surface area contributed by atoms with Crippen LogP contribution in [0, 0.1) is 11.8 Å². The Bertz CT molecular complexity index is 1310. The summed E-state index contributed by atoms with van der Waals surface area (Å²) in [5.74, 6) is 0.229. The van der Waals surface area contributed by atoms with Gasteiger partial charge in [0.05, 0.1) is 9.92 Å². The molecule has 0 unspecified atom stereocenters. The third-order valence-corrected chi connectivity index (χ3v) is 8.43. The standard InChI is InChI=1S/C25H27ClN4O3S/c26-24-15-28-14-18-3-6-19(10-22(18)24)30-25(31)23-11-21(23)17-4-7-20(8-5-17)34(32,33)29-13-16-2-1-9-27-12-16/h3-8,10,14-16,21,23,27,29H,1-2,9,11-13H2,(H,30,31)/t16-,21-,23+/m0/s1. The summed E-state index contributed by atoms with van der Waals surface area (Å²) in [7, 11) is -3.55. The molecule has 0 bridgehead atoms. The van der Waals surface area contributed by atoms with Crippen molar-refractivity contribution in [3.05, 3.63) is 65.4 Å². The lowest BCUT2D eigenvalue weighted by Gasteiger charge is -2.22. The Morgan fingerprint density at radius 1 is 1.15 bits per heavy atom. The highest BCUT2D eigenvalue weighted by molar-refractivity contribution is 7.89. The molecule has 3 aromatic rings. The SMILES string of the molecule is O=C(Nc1ccc2cncc(Cl)c2c1)[C@@H]1C[C@H]1c1ccc(S(=O)(=O)NC[C@H]2CCCNC2)cc1. The van der Waals surface area contributed by atoms with Gasteiger partial charge in [0.2, 0.25) is 15.9 Å². The molecule has 2 heterocycles. The molecule has 0 spiro atoms. The Hall–Kier alpha value is -2.52. The predicted octanol–water partition coefficient (Wildman–Crippen LogP) is 3.91. The van der Waals surface area contributed by atoms with Gasteiger partial charge < -0.3 is 10.6 Å². The van der Waals surface area contributed by atoms with Gasteiger partial charge in [-0.25, -0.2) is 13.1 Å². The van der Waals surface area contributed by atoms with Crippen LogP contribution in [0.25, 0.3) is 10.8 Å². The van der Waals surface area contributed by atoms with Crippen LogP contribution >= 0.6 is 11.6 Å². The molecule has 9 heteroatoms. The van der Waals surface area contributed by atoms with Crippen LogP contribution in [0.1, 0.15) is 30.7 Å². The maximum atomic E-state index is 12.8. The van der Waals surface area contributed by atoms with Crippen LogP contribution < -0.4 is 15.4 Å². The van der Waals surface area contributed by atoms with Gasteiger partial charge in [-0.2, -0.15) is 0 Å². The van der Waals surface area contributed by atoms with Crippen molar-refractivity contribution < 1.29 is 13.2 Å². The van der Waals surface area contributed by atoms with E-state index in [0.717, 1.165) is 48.7 Å². The molecule has 34 heavy (non-hydrogen) atoms. The first-order valence-electron chi connectivity index (χ1n) is 11.6. The number of sulfonamides is 1. The summed E-state index contributed by atoms with van der Waals surface area (Å²) in [5, 5.41) is 8.57. The summed E-state index contributed by atoms with van der Waals surface area (Å²) in [6.07, 6.45) is 6.16. The van der Waals surface area contributed by atoms with Gasteiger partial charge in [-0.15, -0.1) is 0 Å². The average molecular weight is 499 g/mol. The average Bonchev–Trinajstić information content (AvgIpc) is 3.65. The number of nitrogens with zero attached hydrogens (tertiary/aromatic N) is 1. The Kier molecular flexibility index (Phi) is 6.57. The number of hydrogen-bond acceptors (Lipinski definition) is 5. The maximum absolute atomic E-state index is 12.8. The number of nitrogens with one attached hydrogen (secondary N) is 3. The second-order valence-electron chi connectivity index (χ2n) is 9.13. The molecule has 1 aliphatic carbocycles. The maximum Gasteiger partial charge on any atom is 0.240 e. The third-order valence-electron chi connectivity index (χ3n) is 6.69. The first-order chi connectivity index (χ1) is 16.4. The molecule has 3 N–H and O–H groups in total. The molecule has 1 amide bonds. The van der Waals surface area contributed by atoms with E-state index in [-0.39, 0.29) is 22.6 Å². The quantitative estimate of drug-likeness (QED) is 0.458. The molecule has 1 aliphatic heterocycles. The van der Waals surface area contributed by atoms with Crippen molar-refractivity contribution in [2.75, 3.05) is 25.0 Å². The van der Waals surface area contributed by atoms with Crippen LogP contribution in [0.2, 0.25) is 5.02 Å². The molecule has 5 rings (SSSR count). The lowest BCUT2D eigenvalue weighted by molar-refractivity contribution is -0.117. The number of fused-ring (bicyclic) bond motifs is 1. The number of piperidine rings is 1. The topological polar surface area (TPSA) is 100 Å². The fourth-order valence-electron chi connectivity index (χ4n) is 4.60.